The molecule has 3 aromatic rings. The number of rotatable bonds is 6. The lowest BCUT2D eigenvalue weighted by molar-refractivity contribution is 0.0945. The molecule has 1 N–H and O–H groups in total. The third kappa shape index (κ3) is 4.30. The fourth-order valence-electron chi connectivity index (χ4n) is 2.54. The van der Waals surface area contributed by atoms with Crippen molar-refractivity contribution in [3.8, 4) is 5.69 Å². The molecular formula is C19H21N5O. The minimum Gasteiger partial charge on any atom is -0.347 e. The third-order valence-electron chi connectivity index (χ3n) is 3.76. The highest BCUT2D eigenvalue weighted by molar-refractivity contribution is 5.91. The van der Waals surface area contributed by atoms with E-state index in [2.05, 4.69) is 26.5 Å². The van der Waals surface area contributed by atoms with Crippen molar-refractivity contribution in [1.82, 2.24) is 25.2 Å². The predicted octanol–water partition coefficient (Wildman–Crippen LogP) is 2.26. The average molecular weight is 335 g/mol. The third-order valence-corrected chi connectivity index (χ3v) is 3.76. The highest BCUT2D eigenvalue weighted by Crippen LogP contribution is 2.11. The zero-order valence-corrected chi connectivity index (χ0v) is 14.4. The van der Waals surface area contributed by atoms with Gasteiger partial charge in [0.2, 0.25) is 0 Å². The molecule has 1 aromatic heterocycles. The number of carbonyl (C=O) groups excluding carboxylic acids is 1. The zero-order chi connectivity index (χ0) is 17.6. The molecule has 6 heteroatoms. The van der Waals surface area contributed by atoms with E-state index in [0.717, 1.165) is 17.8 Å². The van der Waals surface area contributed by atoms with E-state index in [1.165, 1.54) is 16.6 Å². The van der Waals surface area contributed by atoms with E-state index < -0.39 is 0 Å². The van der Waals surface area contributed by atoms with E-state index in [1.807, 2.05) is 62.6 Å². The maximum atomic E-state index is 12.4. The molecule has 0 unspecified atom stereocenters. The van der Waals surface area contributed by atoms with Crippen molar-refractivity contribution in [2.45, 2.75) is 13.1 Å². The quantitative estimate of drug-likeness (QED) is 0.750. The first kappa shape index (κ1) is 16.9. The first-order chi connectivity index (χ1) is 12.1. The molecule has 0 spiro atoms. The molecule has 0 fully saturated rings. The fraction of sp³-hybridized carbons (Fsp3) is 0.211. The van der Waals surface area contributed by atoms with Crippen molar-refractivity contribution in [2.24, 2.45) is 0 Å². The predicted molar refractivity (Wildman–Crippen MR) is 96.4 cm³/mol. The Kier molecular flexibility index (Phi) is 5.20. The lowest BCUT2D eigenvalue weighted by Crippen LogP contribution is -2.24. The molecule has 0 atom stereocenters. The molecule has 2 aromatic carbocycles. The average Bonchev–Trinajstić information content (AvgIpc) is 3.11. The molecule has 6 nitrogen and oxygen atoms in total. The van der Waals surface area contributed by atoms with E-state index in [4.69, 9.17) is 0 Å². The molecule has 128 valence electrons. The summed E-state index contributed by atoms with van der Waals surface area (Å²) in [4.78, 5) is 15.9. The summed E-state index contributed by atoms with van der Waals surface area (Å²) in [5.41, 5.74) is 3.41. The molecule has 25 heavy (non-hydrogen) atoms. The van der Waals surface area contributed by atoms with Crippen LogP contribution in [0.4, 0.5) is 0 Å². The van der Waals surface area contributed by atoms with Crippen molar-refractivity contribution < 1.29 is 4.79 Å². The Morgan fingerprint density at radius 2 is 1.72 bits per heavy atom. The van der Waals surface area contributed by atoms with Gasteiger partial charge in [0, 0.05) is 13.1 Å². The molecule has 0 radical (unpaired) electrons. The number of benzene rings is 2. The minimum atomic E-state index is -0.234. The maximum Gasteiger partial charge on any atom is 0.273 e. The van der Waals surface area contributed by atoms with Crippen LogP contribution in [-0.4, -0.2) is 39.9 Å². The van der Waals surface area contributed by atoms with Gasteiger partial charge in [-0.25, -0.2) is 0 Å². The van der Waals surface area contributed by atoms with Crippen molar-refractivity contribution in [3.63, 3.8) is 0 Å². The van der Waals surface area contributed by atoms with Gasteiger partial charge in [-0.1, -0.05) is 42.5 Å². The van der Waals surface area contributed by atoms with Crippen LogP contribution in [-0.2, 0) is 13.1 Å². The van der Waals surface area contributed by atoms with Crippen molar-refractivity contribution in [3.05, 3.63) is 77.6 Å². The lowest BCUT2D eigenvalue weighted by Gasteiger charge is -2.14. The number of nitrogens with zero attached hydrogens (tertiary/aromatic N) is 4. The van der Waals surface area contributed by atoms with Crippen LogP contribution < -0.4 is 5.32 Å². The van der Waals surface area contributed by atoms with Crippen LogP contribution >= 0.6 is 0 Å². The Morgan fingerprint density at radius 1 is 1.04 bits per heavy atom. The monoisotopic (exact) mass is 335 g/mol. The van der Waals surface area contributed by atoms with Crippen LogP contribution in [0.2, 0.25) is 0 Å². The number of hydrogen-bond acceptors (Lipinski definition) is 4. The van der Waals surface area contributed by atoms with Gasteiger partial charge in [0.1, 0.15) is 0 Å². The second-order valence-electron chi connectivity index (χ2n) is 6.04. The number of carbonyl (C=O) groups is 1. The van der Waals surface area contributed by atoms with Gasteiger partial charge in [0.05, 0.1) is 11.9 Å². The summed E-state index contributed by atoms with van der Waals surface area (Å²) in [6.07, 6.45) is 1.48. The molecule has 1 amide bonds. The molecule has 0 saturated carbocycles. The van der Waals surface area contributed by atoms with E-state index in [0.29, 0.717) is 12.2 Å². The Labute approximate surface area is 147 Å². The molecule has 3 rings (SSSR count). The summed E-state index contributed by atoms with van der Waals surface area (Å²) in [6, 6.07) is 17.6. The highest BCUT2D eigenvalue weighted by atomic mass is 16.2. The van der Waals surface area contributed by atoms with Crippen LogP contribution in [0, 0.1) is 0 Å². The van der Waals surface area contributed by atoms with Crippen LogP contribution in [0.15, 0.2) is 60.8 Å². The fourth-order valence-corrected chi connectivity index (χ4v) is 2.54. The van der Waals surface area contributed by atoms with E-state index in [9.17, 15) is 4.79 Å². The first-order valence-electron chi connectivity index (χ1n) is 8.11. The molecular weight excluding hydrogens is 314 g/mol. The van der Waals surface area contributed by atoms with E-state index in [-0.39, 0.29) is 5.91 Å². The Hall–Kier alpha value is -2.99. The van der Waals surface area contributed by atoms with Gasteiger partial charge in [0.15, 0.2) is 5.69 Å². The SMILES string of the molecule is CN(C)Cc1ccccc1CNC(=O)c1cnn(-c2ccccc2)n1. The van der Waals surface area contributed by atoms with E-state index >= 15 is 0 Å². The van der Waals surface area contributed by atoms with Gasteiger partial charge in [-0.15, -0.1) is 5.10 Å². The zero-order valence-electron chi connectivity index (χ0n) is 14.4. The summed E-state index contributed by atoms with van der Waals surface area (Å²) >= 11 is 0. The number of amides is 1. The van der Waals surface area contributed by atoms with Gasteiger partial charge in [-0.05, 0) is 37.4 Å². The Morgan fingerprint density at radius 3 is 2.44 bits per heavy atom. The van der Waals surface area contributed by atoms with Gasteiger partial charge in [0.25, 0.3) is 5.91 Å². The largest absolute Gasteiger partial charge is 0.347 e. The number of para-hydroxylation sites is 1. The summed E-state index contributed by atoms with van der Waals surface area (Å²) in [5, 5.41) is 11.3. The number of nitrogens with one attached hydrogen (secondary N) is 1. The summed E-state index contributed by atoms with van der Waals surface area (Å²) in [5.74, 6) is -0.234. The summed E-state index contributed by atoms with van der Waals surface area (Å²) < 4.78 is 0. The standard InChI is InChI=1S/C19H21N5O/c1-23(2)14-16-9-7-6-8-15(16)12-20-19(25)18-13-21-24(22-18)17-10-4-3-5-11-17/h3-11,13H,12,14H2,1-2H3,(H,20,25). The lowest BCUT2D eigenvalue weighted by atomic mass is 10.1. The van der Waals surface area contributed by atoms with Gasteiger partial charge in [-0.2, -0.15) is 9.90 Å². The number of hydrogen-bond donors (Lipinski definition) is 1. The molecule has 0 aliphatic heterocycles. The number of aromatic nitrogens is 3. The van der Waals surface area contributed by atoms with Gasteiger partial charge >= 0.3 is 0 Å². The first-order valence-corrected chi connectivity index (χ1v) is 8.11. The Balaban J connectivity index is 1.67. The van der Waals surface area contributed by atoms with Crippen LogP contribution in [0.1, 0.15) is 21.6 Å². The molecule has 0 saturated heterocycles. The van der Waals surface area contributed by atoms with Crippen molar-refractivity contribution in [2.75, 3.05) is 14.1 Å². The maximum absolute atomic E-state index is 12.4. The molecule has 0 aliphatic carbocycles. The summed E-state index contributed by atoms with van der Waals surface area (Å²) in [6.45, 7) is 1.29. The van der Waals surface area contributed by atoms with E-state index in [1.54, 1.807) is 0 Å². The minimum absolute atomic E-state index is 0.234. The second kappa shape index (κ2) is 7.72. The van der Waals surface area contributed by atoms with Crippen LogP contribution in [0.3, 0.4) is 0 Å². The van der Waals surface area contributed by atoms with Crippen molar-refractivity contribution in [1.29, 1.82) is 0 Å². The van der Waals surface area contributed by atoms with Crippen molar-refractivity contribution >= 4 is 5.91 Å². The highest BCUT2D eigenvalue weighted by Gasteiger charge is 2.12. The Bertz CT molecular complexity index is 842. The topological polar surface area (TPSA) is 63.1 Å². The molecule has 0 aliphatic rings. The van der Waals surface area contributed by atoms with Crippen LogP contribution in [0.5, 0.6) is 0 Å². The second-order valence-corrected chi connectivity index (χ2v) is 6.04. The summed E-state index contributed by atoms with van der Waals surface area (Å²) in [7, 11) is 4.05. The van der Waals surface area contributed by atoms with Gasteiger partial charge < -0.3 is 10.2 Å². The molecule has 1 heterocycles. The molecule has 0 bridgehead atoms. The smallest absolute Gasteiger partial charge is 0.273 e. The van der Waals surface area contributed by atoms with Gasteiger partial charge in [-0.3, -0.25) is 4.79 Å². The van der Waals surface area contributed by atoms with Crippen LogP contribution in [0.25, 0.3) is 5.69 Å². The normalized spacial score (nSPS) is 10.8.